The van der Waals surface area contributed by atoms with Gasteiger partial charge in [-0.05, 0) is 24.3 Å². The zero-order valence-electron chi connectivity index (χ0n) is 11.2. The van der Waals surface area contributed by atoms with E-state index in [2.05, 4.69) is 4.98 Å². The van der Waals surface area contributed by atoms with Gasteiger partial charge in [0.15, 0.2) is 5.58 Å². The van der Waals surface area contributed by atoms with Crippen molar-refractivity contribution in [3.05, 3.63) is 36.4 Å². The maximum Gasteiger partial charge on any atom is 0.231 e. The van der Waals surface area contributed by atoms with Gasteiger partial charge in [0.25, 0.3) is 0 Å². The molecule has 1 heterocycles. The standard InChI is InChI=1S/C15H14N2O3/c1-18-10-4-6-12-14(8-10)20-15(17-12)11-5-3-9(16)7-13(11)19-2/h3-8H,16H2,1-2H3. The highest BCUT2D eigenvalue weighted by Crippen LogP contribution is 2.33. The van der Waals surface area contributed by atoms with E-state index in [9.17, 15) is 0 Å². The van der Waals surface area contributed by atoms with Crippen LogP contribution in [0.25, 0.3) is 22.6 Å². The van der Waals surface area contributed by atoms with Crippen molar-refractivity contribution in [3.63, 3.8) is 0 Å². The van der Waals surface area contributed by atoms with Crippen molar-refractivity contribution in [2.45, 2.75) is 0 Å². The Hall–Kier alpha value is -2.69. The first-order valence-electron chi connectivity index (χ1n) is 6.09. The predicted molar refractivity (Wildman–Crippen MR) is 77.0 cm³/mol. The SMILES string of the molecule is COc1ccc2nc(-c3ccc(N)cc3OC)oc2c1. The van der Waals surface area contributed by atoms with Crippen LogP contribution < -0.4 is 15.2 Å². The molecule has 0 spiro atoms. The van der Waals surface area contributed by atoms with Gasteiger partial charge in [-0.1, -0.05) is 0 Å². The van der Waals surface area contributed by atoms with Gasteiger partial charge in [-0.25, -0.2) is 4.98 Å². The summed E-state index contributed by atoms with van der Waals surface area (Å²) in [5, 5.41) is 0. The second kappa shape index (κ2) is 4.77. The number of nitrogen functional groups attached to an aromatic ring is 1. The molecule has 20 heavy (non-hydrogen) atoms. The maximum absolute atomic E-state index is 5.77. The lowest BCUT2D eigenvalue weighted by Crippen LogP contribution is -1.91. The number of aromatic nitrogens is 1. The summed E-state index contributed by atoms with van der Waals surface area (Å²) in [6, 6.07) is 10.9. The fraction of sp³-hybridized carbons (Fsp3) is 0.133. The van der Waals surface area contributed by atoms with E-state index >= 15 is 0 Å². The number of hydrogen-bond donors (Lipinski definition) is 1. The molecule has 0 saturated heterocycles. The molecule has 0 saturated carbocycles. The van der Waals surface area contributed by atoms with Crippen LogP contribution >= 0.6 is 0 Å². The Labute approximate surface area is 115 Å². The van der Waals surface area contributed by atoms with Crippen molar-refractivity contribution < 1.29 is 13.9 Å². The third-order valence-corrected chi connectivity index (χ3v) is 3.05. The first kappa shape index (κ1) is 12.3. The Morgan fingerprint density at radius 1 is 1.05 bits per heavy atom. The topological polar surface area (TPSA) is 70.5 Å². The van der Waals surface area contributed by atoms with Crippen LogP contribution in [0.4, 0.5) is 5.69 Å². The van der Waals surface area contributed by atoms with Crippen molar-refractivity contribution in [2.75, 3.05) is 20.0 Å². The van der Waals surface area contributed by atoms with Crippen LogP contribution in [0.3, 0.4) is 0 Å². The molecule has 0 atom stereocenters. The van der Waals surface area contributed by atoms with Crippen LogP contribution in [0.2, 0.25) is 0 Å². The highest BCUT2D eigenvalue weighted by atomic mass is 16.5. The molecule has 2 N–H and O–H groups in total. The molecule has 0 aliphatic carbocycles. The summed E-state index contributed by atoms with van der Waals surface area (Å²) in [6.07, 6.45) is 0. The molecule has 102 valence electrons. The molecular weight excluding hydrogens is 256 g/mol. The minimum absolute atomic E-state index is 0.491. The molecule has 2 aromatic carbocycles. The largest absolute Gasteiger partial charge is 0.497 e. The van der Waals surface area contributed by atoms with Crippen LogP contribution in [0.1, 0.15) is 0 Å². The van der Waals surface area contributed by atoms with Crippen molar-refractivity contribution in [2.24, 2.45) is 0 Å². The number of nitrogens with two attached hydrogens (primary N) is 1. The summed E-state index contributed by atoms with van der Waals surface area (Å²) >= 11 is 0. The molecule has 3 rings (SSSR count). The second-order valence-electron chi connectivity index (χ2n) is 4.31. The third-order valence-electron chi connectivity index (χ3n) is 3.05. The monoisotopic (exact) mass is 270 g/mol. The normalized spacial score (nSPS) is 10.7. The minimum Gasteiger partial charge on any atom is -0.497 e. The second-order valence-corrected chi connectivity index (χ2v) is 4.31. The third kappa shape index (κ3) is 2.03. The molecule has 0 aliphatic rings. The molecule has 5 nitrogen and oxygen atoms in total. The van der Waals surface area contributed by atoms with Gasteiger partial charge in [-0.15, -0.1) is 0 Å². The van der Waals surface area contributed by atoms with E-state index in [0.29, 0.717) is 22.9 Å². The zero-order chi connectivity index (χ0) is 14.1. The first-order chi connectivity index (χ1) is 9.71. The molecule has 0 aliphatic heterocycles. The van der Waals surface area contributed by atoms with E-state index in [0.717, 1.165) is 16.8 Å². The van der Waals surface area contributed by atoms with Crippen LogP contribution in [-0.4, -0.2) is 19.2 Å². The van der Waals surface area contributed by atoms with Crippen LogP contribution in [0.15, 0.2) is 40.8 Å². The van der Waals surface area contributed by atoms with E-state index in [1.165, 1.54) is 0 Å². The average Bonchev–Trinajstić information content (AvgIpc) is 2.89. The summed E-state index contributed by atoms with van der Waals surface area (Å²) in [5.41, 5.74) is 8.56. The van der Waals surface area contributed by atoms with E-state index in [1.54, 1.807) is 32.4 Å². The number of oxazole rings is 1. The van der Waals surface area contributed by atoms with Gasteiger partial charge < -0.3 is 19.6 Å². The van der Waals surface area contributed by atoms with Gasteiger partial charge in [-0.3, -0.25) is 0 Å². The number of hydrogen-bond acceptors (Lipinski definition) is 5. The molecule has 0 bridgehead atoms. The van der Waals surface area contributed by atoms with Crippen LogP contribution in [-0.2, 0) is 0 Å². The molecule has 0 unspecified atom stereocenters. The highest BCUT2D eigenvalue weighted by Gasteiger charge is 2.13. The van der Waals surface area contributed by atoms with E-state index in [4.69, 9.17) is 19.6 Å². The van der Waals surface area contributed by atoms with Crippen molar-refractivity contribution >= 4 is 16.8 Å². The smallest absolute Gasteiger partial charge is 0.231 e. The molecular formula is C15H14N2O3. The fourth-order valence-electron chi connectivity index (χ4n) is 2.03. The van der Waals surface area contributed by atoms with Crippen molar-refractivity contribution in [1.82, 2.24) is 4.98 Å². The Bertz CT molecular complexity index is 765. The summed E-state index contributed by atoms with van der Waals surface area (Å²) < 4.78 is 16.3. The van der Waals surface area contributed by atoms with Gasteiger partial charge in [0, 0.05) is 17.8 Å². The minimum atomic E-state index is 0.491. The average molecular weight is 270 g/mol. The molecule has 3 aromatic rings. The number of ether oxygens (including phenoxy) is 2. The van der Waals surface area contributed by atoms with Crippen LogP contribution in [0, 0.1) is 0 Å². The van der Waals surface area contributed by atoms with Gasteiger partial charge in [0.2, 0.25) is 5.89 Å². The predicted octanol–water partition coefficient (Wildman–Crippen LogP) is 3.09. The molecule has 1 aromatic heterocycles. The quantitative estimate of drug-likeness (QED) is 0.740. The summed E-state index contributed by atoms with van der Waals surface area (Å²) in [4.78, 5) is 4.45. The van der Waals surface area contributed by atoms with Gasteiger partial charge in [0.05, 0.1) is 19.8 Å². The Balaban J connectivity index is 2.14. The van der Waals surface area contributed by atoms with E-state index < -0.39 is 0 Å². The lowest BCUT2D eigenvalue weighted by atomic mass is 10.2. The number of fused-ring (bicyclic) bond motifs is 1. The Kier molecular flexibility index (Phi) is 2.95. The lowest BCUT2D eigenvalue weighted by Gasteiger charge is -2.05. The van der Waals surface area contributed by atoms with Gasteiger partial charge >= 0.3 is 0 Å². The fourth-order valence-corrected chi connectivity index (χ4v) is 2.03. The Morgan fingerprint density at radius 2 is 1.90 bits per heavy atom. The number of benzene rings is 2. The number of nitrogens with zero attached hydrogens (tertiary/aromatic N) is 1. The van der Waals surface area contributed by atoms with E-state index in [-0.39, 0.29) is 0 Å². The molecule has 0 amide bonds. The van der Waals surface area contributed by atoms with E-state index in [1.807, 2.05) is 18.2 Å². The summed E-state index contributed by atoms with van der Waals surface area (Å²) in [5.74, 6) is 1.85. The number of anilines is 1. The molecule has 0 radical (unpaired) electrons. The molecule has 0 fully saturated rings. The van der Waals surface area contributed by atoms with Gasteiger partial charge in [-0.2, -0.15) is 0 Å². The summed E-state index contributed by atoms with van der Waals surface area (Å²) in [6.45, 7) is 0. The molecule has 5 heteroatoms. The van der Waals surface area contributed by atoms with Crippen molar-refractivity contribution in [3.8, 4) is 23.0 Å². The summed E-state index contributed by atoms with van der Waals surface area (Å²) in [7, 11) is 3.20. The zero-order valence-corrected chi connectivity index (χ0v) is 11.2. The Morgan fingerprint density at radius 3 is 2.65 bits per heavy atom. The lowest BCUT2D eigenvalue weighted by molar-refractivity contribution is 0.413. The number of methoxy groups -OCH3 is 2. The van der Waals surface area contributed by atoms with Gasteiger partial charge in [0.1, 0.15) is 17.0 Å². The first-order valence-corrected chi connectivity index (χ1v) is 6.09. The highest BCUT2D eigenvalue weighted by molar-refractivity contribution is 5.79. The van der Waals surface area contributed by atoms with Crippen molar-refractivity contribution in [1.29, 1.82) is 0 Å². The number of rotatable bonds is 3. The maximum atomic E-state index is 5.77. The van der Waals surface area contributed by atoms with Crippen LogP contribution in [0.5, 0.6) is 11.5 Å².